The first-order valence-corrected chi connectivity index (χ1v) is 4.67. The first-order chi connectivity index (χ1) is 7.16. The van der Waals surface area contributed by atoms with Gasteiger partial charge in [0.1, 0.15) is 18.0 Å². The summed E-state index contributed by atoms with van der Waals surface area (Å²) in [5.74, 6) is -1.44. The van der Waals surface area contributed by atoms with E-state index in [2.05, 4.69) is 5.32 Å². The van der Waals surface area contributed by atoms with Crippen molar-refractivity contribution in [2.24, 2.45) is 0 Å². The Morgan fingerprint density at radius 1 is 1.33 bits per heavy atom. The Kier molecular flexibility index (Phi) is 2.83. The first-order valence-electron chi connectivity index (χ1n) is 4.67. The van der Waals surface area contributed by atoms with Gasteiger partial charge in [-0.2, -0.15) is 0 Å². The molecule has 0 spiro atoms. The van der Waals surface area contributed by atoms with Crippen LogP contribution in [0.2, 0.25) is 0 Å². The molecule has 0 unspecified atom stereocenters. The molecule has 5 heteroatoms. The van der Waals surface area contributed by atoms with Crippen molar-refractivity contribution in [1.29, 1.82) is 0 Å². The Labute approximate surface area is 85.7 Å². The van der Waals surface area contributed by atoms with Gasteiger partial charge >= 0.3 is 0 Å². The largest absolute Gasteiger partial charge is 0.483 e. The summed E-state index contributed by atoms with van der Waals surface area (Å²) >= 11 is 0. The van der Waals surface area contributed by atoms with Gasteiger partial charge in [0.15, 0.2) is 11.6 Å². The Balaban J connectivity index is 2.10. The third-order valence-corrected chi connectivity index (χ3v) is 2.30. The second-order valence-electron chi connectivity index (χ2n) is 3.46. The number of hydrogen-bond donors (Lipinski definition) is 2. The van der Waals surface area contributed by atoms with Crippen LogP contribution in [0.3, 0.4) is 0 Å². The van der Waals surface area contributed by atoms with Crippen LogP contribution in [0.4, 0.5) is 8.78 Å². The SMILES string of the molecule is O[C@H]1CNC[C@@H]1Oc1ccc(F)cc1F. The predicted molar refractivity (Wildman–Crippen MR) is 49.7 cm³/mol. The number of rotatable bonds is 2. The second-order valence-corrected chi connectivity index (χ2v) is 3.46. The van der Waals surface area contributed by atoms with Crippen molar-refractivity contribution in [3.8, 4) is 5.75 Å². The normalized spacial score (nSPS) is 25.5. The van der Waals surface area contributed by atoms with Crippen LogP contribution in [0.15, 0.2) is 18.2 Å². The summed E-state index contributed by atoms with van der Waals surface area (Å²) in [4.78, 5) is 0. The number of aliphatic hydroxyl groups excluding tert-OH is 1. The summed E-state index contributed by atoms with van der Waals surface area (Å²) in [6.45, 7) is 0.880. The first kappa shape index (κ1) is 10.3. The molecule has 82 valence electrons. The van der Waals surface area contributed by atoms with Crippen LogP contribution in [0.1, 0.15) is 0 Å². The number of hydrogen-bond acceptors (Lipinski definition) is 3. The molecule has 1 heterocycles. The summed E-state index contributed by atoms with van der Waals surface area (Å²) < 4.78 is 31.0. The van der Waals surface area contributed by atoms with Gasteiger partial charge in [0.05, 0.1) is 0 Å². The summed E-state index contributed by atoms with van der Waals surface area (Å²) in [5.41, 5.74) is 0. The molecule has 3 nitrogen and oxygen atoms in total. The molecule has 0 radical (unpaired) electrons. The second kappa shape index (κ2) is 4.12. The average molecular weight is 215 g/mol. The lowest BCUT2D eigenvalue weighted by Gasteiger charge is -2.16. The van der Waals surface area contributed by atoms with Crippen molar-refractivity contribution in [3.05, 3.63) is 29.8 Å². The summed E-state index contributed by atoms with van der Waals surface area (Å²) in [7, 11) is 0. The molecule has 1 aliphatic rings. The van der Waals surface area contributed by atoms with E-state index >= 15 is 0 Å². The van der Waals surface area contributed by atoms with Gasteiger partial charge in [-0.15, -0.1) is 0 Å². The highest BCUT2D eigenvalue weighted by atomic mass is 19.1. The maximum Gasteiger partial charge on any atom is 0.167 e. The molecule has 2 atom stereocenters. The topological polar surface area (TPSA) is 41.5 Å². The number of halogens is 2. The highest BCUT2D eigenvalue weighted by molar-refractivity contribution is 5.25. The third-order valence-electron chi connectivity index (χ3n) is 2.30. The molecule has 0 bridgehead atoms. The van der Waals surface area contributed by atoms with E-state index in [1.54, 1.807) is 0 Å². The molecule has 2 rings (SSSR count). The fourth-order valence-corrected chi connectivity index (χ4v) is 1.50. The van der Waals surface area contributed by atoms with Gasteiger partial charge in [-0.1, -0.05) is 0 Å². The van der Waals surface area contributed by atoms with Gasteiger partial charge in [-0.25, -0.2) is 8.78 Å². The Hall–Kier alpha value is -1.20. The smallest absolute Gasteiger partial charge is 0.167 e. The van der Waals surface area contributed by atoms with Crippen molar-refractivity contribution >= 4 is 0 Å². The number of aliphatic hydroxyl groups is 1. The van der Waals surface area contributed by atoms with E-state index in [-0.39, 0.29) is 5.75 Å². The van der Waals surface area contributed by atoms with Gasteiger partial charge in [0.2, 0.25) is 0 Å². The van der Waals surface area contributed by atoms with Crippen LogP contribution in [0.5, 0.6) is 5.75 Å². The fourth-order valence-electron chi connectivity index (χ4n) is 1.50. The number of benzene rings is 1. The predicted octanol–water partition coefficient (Wildman–Crippen LogP) is 0.676. The summed E-state index contributed by atoms with van der Waals surface area (Å²) in [6.07, 6.45) is -1.14. The average Bonchev–Trinajstić information content (AvgIpc) is 2.57. The minimum Gasteiger partial charge on any atom is -0.483 e. The zero-order valence-electron chi connectivity index (χ0n) is 7.91. The van der Waals surface area contributed by atoms with E-state index in [9.17, 15) is 13.9 Å². The fraction of sp³-hybridized carbons (Fsp3) is 0.400. The number of β-amino-alcohol motifs (C(OH)–C–C–N with tert-alkyl or cyclic N) is 1. The van der Waals surface area contributed by atoms with Gasteiger partial charge in [-0.05, 0) is 12.1 Å². The molecule has 0 aromatic heterocycles. The van der Waals surface area contributed by atoms with Gasteiger partial charge in [0, 0.05) is 19.2 Å². The van der Waals surface area contributed by atoms with Crippen LogP contribution in [-0.4, -0.2) is 30.4 Å². The van der Waals surface area contributed by atoms with E-state index in [1.165, 1.54) is 6.07 Å². The summed E-state index contributed by atoms with van der Waals surface area (Å²) in [5, 5.41) is 12.3. The molecule has 1 fully saturated rings. The van der Waals surface area contributed by atoms with Crippen LogP contribution in [0, 0.1) is 11.6 Å². The lowest BCUT2D eigenvalue weighted by molar-refractivity contribution is 0.0710. The van der Waals surface area contributed by atoms with Crippen molar-refractivity contribution in [1.82, 2.24) is 5.32 Å². The molecule has 15 heavy (non-hydrogen) atoms. The van der Waals surface area contributed by atoms with Crippen LogP contribution < -0.4 is 10.1 Å². The molecule has 0 amide bonds. The van der Waals surface area contributed by atoms with E-state index in [4.69, 9.17) is 4.74 Å². The van der Waals surface area contributed by atoms with Crippen molar-refractivity contribution < 1.29 is 18.6 Å². The van der Waals surface area contributed by atoms with E-state index in [0.29, 0.717) is 13.1 Å². The Morgan fingerprint density at radius 3 is 2.73 bits per heavy atom. The number of ether oxygens (including phenoxy) is 1. The molecule has 0 saturated carbocycles. The van der Waals surface area contributed by atoms with Gasteiger partial charge < -0.3 is 15.2 Å². The highest BCUT2D eigenvalue weighted by Gasteiger charge is 2.27. The standard InChI is InChI=1S/C10H11F2NO2/c11-6-1-2-9(7(12)3-6)15-10-5-13-4-8(10)14/h1-3,8,10,13-14H,4-5H2/t8-,10-/m0/s1. The Bertz CT molecular complexity index is 359. The van der Waals surface area contributed by atoms with E-state index < -0.39 is 23.8 Å². The van der Waals surface area contributed by atoms with Crippen molar-refractivity contribution in [2.75, 3.05) is 13.1 Å². The zero-order valence-corrected chi connectivity index (χ0v) is 7.91. The quantitative estimate of drug-likeness (QED) is 0.762. The maximum absolute atomic E-state index is 13.2. The minimum atomic E-state index is -0.755. The van der Waals surface area contributed by atoms with Gasteiger partial charge in [0.25, 0.3) is 0 Å². The maximum atomic E-state index is 13.2. The monoisotopic (exact) mass is 215 g/mol. The molecule has 1 aromatic carbocycles. The lowest BCUT2D eigenvalue weighted by Crippen LogP contribution is -2.30. The van der Waals surface area contributed by atoms with Gasteiger partial charge in [-0.3, -0.25) is 0 Å². The van der Waals surface area contributed by atoms with E-state index in [0.717, 1.165) is 12.1 Å². The van der Waals surface area contributed by atoms with Crippen molar-refractivity contribution in [3.63, 3.8) is 0 Å². The lowest BCUT2D eigenvalue weighted by atomic mass is 10.2. The summed E-state index contributed by atoms with van der Waals surface area (Å²) in [6, 6.07) is 3.09. The van der Waals surface area contributed by atoms with Crippen LogP contribution >= 0.6 is 0 Å². The third kappa shape index (κ3) is 2.24. The molecule has 1 saturated heterocycles. The molecule has 1 aliphatic heterocycles. The minimum absolute atomic E-state index is 0.0378. The zero-order chi connectivity index (χ0) is 10.8. The van der Waals surface area contributed by atoms with Crippen LogP contribution in [0.25, 0.3) is 0 Å². The molecule has 2 N–H and O–H groups in total. The molecular formula is C10H11F2NO2. The van der Waals surface area contributed by atoms with Crippen molar-refractivity contribution in [2.45, 2.75) is 12.2 Å². The van der Waals surface area contributed by atoms with E-state index in [1.807, 2.05) is 0 Å². The highest BCUT2D eigenvalue weighted by Crippen LogP contribution is 2.20. The van der Waals surface area contributed by atoms with Crippen LogP contribution in [-0.2, 0) is 0 Å². The molecular weight excluding hydrogens is 204 g/mol. The number of nitrogens with one attached hydrogen (secondary N) is 1. The molecule has 1 aromatic rings. The Morgan fingerprint density at radius 2 is 2.13 bits per heavy atom. The molecule has 0 aliphatic carbocycles.